The van der Waals surface area contributed by atoms with E-state index in [1.54, 1.807) is 32.4 Å². The number of fused-ring (bicyclic) bond motifs is 2. The number of hydrogen-bond acceptors (Lipinski definition) is 7. The molecule has 9 heteroatoms. The van der Waals surface area contributed by atoms with Gasteiger partial charge in [0, 0.05) is 34.7 Å². The van der Waals surface area contributed by atoms with Gasteiger partial charge in [0.2, 0.25) is 5.75 Å². The standard InChI is InChI=1S/C32H33N3O6/c1-39-29-14-20(15-30(40-2)31(29)41-3)28-16-25(24-12-19(10-11-36)8-9-27(24)35-28)32(38)34-22(18-37)13-21-17-33-26-7-5-4-6-23(21)26/h4-9,12,14-17,22,33,36-37H,10-11,13,18H2,1-3H3,(H,34,38)/t22-/m1/s1. The first-order chi connectivity index (χ1) is 20.0. The molecule has 212 valence electrons. The molecule has 0 spiro atoms. The molecule has 1 atom stereocenters. The number of ether oxygens (including phenoxy) is 3. The lowest BCUT2D eigenvalue weighted by Crippen LogP contribution is -2.39. The van der Waals surface area contributed by atoms with Crippen LogP contribution < -0.4 is 19.5 Å². The first-order valence-corrected chi connectivity index (χ1v) is 13.3. The Morgan fingerprint density at radius 3 is 2.39 bits per heavy atom. The fourth-order valence-corrected chi connectivity index (χ4v) is 5.11. The number of aliphatic hydroxyl groups excluding tert-OH is 2. The molecule has 41 heavy (non-hydrogen) atoms. The smallest absolute Gasteiger partial charge is 0.252 e. The minimum atomic E-state index is -0.518. The number of carbonyl (C=O) groups is 1. The molecule has 1 amide bonds. The molecule has 0 aliphatic carbocycles. The van der Waals surface area contributed by atoms with Gasteiger partial charge < -0.3 is 34.7 Å². The molecule has 4 N–H and O–H groups in total. The maximum absolute atomic E-state index is 13.8. The molecular formula is C32H33N3O6. The second-order valence-corrected chi connectivity index (χ2v) is 9.71. The summed E-state index contributed by atoms with van der Waals surface area (Å²) < 4.78 is 16.5. The van der Waals surface area contributed by atoms with E-state index in [2.05, 4.69) is 10.3 Å². The third-order valence-electron chi connectivity index (χ3n) is 7.18. The van der Waals surface area contributed by atoms with Gasteiger partial charge in [0.05, 0.1) is 50.8 Å². The minimum absolute atomic E-state index is 0.0127. The van der Waals surface area contributed by atoms with E-state index >= 15 is 0 Å². The lowest BCUT2D eigenvalue weighted by Gasteiger charge is -2.18. The lowest BCUT2D eigenvalue weighted by molar-refractivity contribution is 0.0918. The highest BCUT2D eigenvalue weighted by molar-refractivity contribution is 6.07. The zero-order chi connectivity index (χ0) is 28.9. The number of aromatic amines is 1. The van der Waals surface area contributed by atoms with Gasteiger partial charge in [0.1, 0.15) is 0 Å². The van der Waals surface area contributed by atoms with Crippen LogP contribution in [0.25, 0.3) is 33.1 Å². The molecule has 0 radical (unpaired) electrons. The molecule has 0 aliphatic heterocycles. The monoisotopic (exact) mass is 555 g/mol. The summed E-state index contributed by atoms with van der Waals surface area (Å²) >= 11 is 0. The number of amides is 1. The Labute approximate surface area is 237 Å². The van der Waals surface area contributed by atoms with Gasteiger partial charge in [-0.25, -0.2) is 4.98 Å². The summed E-state index contributed by atoms with van der Waals surface area (Å²) in [6, 6.07) is 18.3. The van der Waals surface area contributed by atoms with Crippen molar-refractivity contribution in [3.8, 4) is 28.5 Å². The quantitative estimate of drug-likeness (QED) is 0.192. The summed E-state index contributed by atoms with van der Waals surface area (Å²) in [7, 11) is 4.62. The minimum Gasteiger partial charge on any atom is -0.493 e. The molecule has 2 aromatic heterocycles. The average Bonchev–Trinajstić information content (AvgIpc) is 3.42. The number of rotatable bonds is 11. The number of nitrogens with one attached hydrogen (secondary N) is 2. The fraction of sp³-hybridized carbons (Fsp3) is 0.250. The number of carbonyl (C=O) groups excluding carboxylic acids is 1. The van der Waals surface area contributed by atoms with Gasteiger partial charge in [-0.3, -0.25) is 4.79 Å². The van der Waals surface area contributed by atoms with Gasteiger partial charge in [0.15, 0.2) is 11.5 Å². The maximum atomic E-state index is 13.8. The number of methoxy groups -OCH3 is 3. The summed E-state index contributed by atoms with van der Waals surface area (Å²) in [6.45, 7) is -0.245. The predicted molar refractivity (Wildman–Crippen MR) is 158 cm³/mol. The van der Waals surface area contributed by atoms with Crippen molar-refractivity contribution < 1.29 is 29.2 Å². The van der Waals surface area contributed by atoms with E-state index in [0.29, 0.717) is 57.8 Å². The molecule has 0 saturated heterocycles. The van der Waals surface area contributed by atoms with Gasteiger partial charge in [-0.05, 0) is 60.4 Å². The highest BCUT2D eigenvalue weighted by Crippen LogP contribution is 2.41. The molecule has 0 fully saturated rings. The molecule has 0 unspecified atom stereocenters. The molecule has 9 nitrogen and oxygen atoms in total. The molecule has 0 saturated carbocycles. The third kappa shape index (κ3) is 5.68. The maximum Gasteiger partial charge on any atom is 0.252 e. The van der Waals surface area contributed by atoms with E-state index < -0.39 is 6.04 Å². The zero-order valence-electron chi connectivity index (χ0n) is 23.2. The normalized spacial score (nSPS) is 11.9. The van der Waals surface area contributed by atoms with E-state index in [1.807, 2.05) is 48.7 Å². The molecule has 5 aromatic rings. The van der Waals surface area contributed by atoms with Crippen molar-refractivity contribution in [1.29, 1.82) is 0 Å². The van der Waals surface area contributed by atoms with Gasteiger partial charge in [-0.15, -0.1) is 0 Å². The number of aliphatic hydroxyl groups is 2. The molecular weight excluding hydrogens is 522 g/mol. The van der Waals surface area contributed by atoms with Crippen LogP contribution in [0.15, 0.2) is 66.9 Å². The Morgan fingerprint density at radius 2 is 1.71 bits per heavy atom. The summed E-state index contributed by atoms with van der Waals surface area (Å²) in [5, 5.41) is 24.4. The van der Waals surface area contributed by atoms with Gasteiger partial charge in [-0.1, -0.05) is 24.3 Å². The van der Waals surface area contributed by atoms with Crippen LogP contribution in [0.2, 0.25) is 0 Å². The topological polar surface area (TPSA) is 126 Å². The van der Waals surface area contributed by atoms with Gasteiger partial charge in [-0.2, -0.15) is 0 Å². The lowest BCUT2D eigenvalue weighted by atomic mass is 9.99. The Morgan fingerprint density at radius 1 is 0.951 bits per heavy atom. The summed E-state index contributed by atoms with van der Waals surface area (Å²) in [5.41, 5.74) is 5.10. The van der Waals surface area contributed by atoms with Crippen molar-refractivity contribution in [2.75, 3.05) is 34.5 Å². The first-order valence-electron chi connectivity index (χ1n) is 13.3. The van der Waals surface area contributed by atoms with Crippen molar-refractivity contribution in [2.24, 2.45) is 0 Å². The van der Waals surface area contributed by atoms with E-state index in [1.165, 1.54) is 7.11 Å². The van der Waals surface area contributed by atoms with E-state index in [9.17, 15) is 15.0 Å². The first kappa shape index (κ1) is 27.9. The van der Waals surface area contributed by atoms with Crippen molar-refractivity contribution in [1.82, 2.24) is 15.3 Å². The Balaban J connectivity index is 1.56. The summed E-state index contributed by atoms with van der Waals surface area (Å²) in [6.07, 6.45) is 2.81. The average molecular weight is 556 g/mol. The van der Waals surface area contributed by atoms with Crippen molar-refractivity contribution in [3.05, 3.63) is 83.6 Å². The fourth-order valence-electron chi connectivity index (χ4n) is 5.11. The van der Waals surface area contributed by atoms with Crippen LogP contribution in [0.4, 0.5) is 0 Å². The highest BCUT2D eigenvalue weighted by atomic mass is 16.5. The predicted octanol–water partition coefficient (Wildman–Crippen LogP) is 4.28. The van der Waals surface area contributed by atoms with E-state index in [0.717, 1.165) is 22.0 Å². The Kier molecular flexibility index (Phi) is 8.37. The zero-order valence-corrected chi connectivity index (χ0v) is 23.2. The van der Waals surface area contributed by atoms with Crippen molar-refractivity contribution >= 4 is 27.7 Å². The van der Waals surface area contributed by atoms with E-state index in [4.69, 9.17) is 19.2 Å². The molecule has 0 aliphatic rings. The molecule has 0 bridgehead atoms. The molecule has 5 rings (SSSR count). The number of hydrogen-bond donors (Lipinski definition) is 4. The Bertz CT molecular complexity index is 1670. The number of H-pyrrole nitrogens is 1. The van der Waals surface area contributed by atoms with Crippen molar-refractivity contribution in [3.63, 3.8) is 0 Å². The van der Waals surface area contributed by atoms with Crippen LogP contribution in [0.3, 0.4) is 0 Å². The summed E-state index contributed by atoms with van der Waals surface area (Å²) in [5.74, 6) is 1.04. The second-order valence-electron chi connectivity index (χ2n) is 9.71. The van der Waals surface area contributed by atoms with Gasteiger partial charge >= 0.3 is 0 Å². The van der Waals surface area contributed by atoms with E-state index in [-0.39, 0.29) is 19.1 Å². The molecule has 3 aromatic carbocycles. The van der Waals surface area contributed by atoms with Crippen molar-refractivity contribution in [2.45, 2.75) is 18.9 Å². The van der Waals surface area contributed by atoms with Crippen LogP contribution in [-0.2, 0) is 12.8 Å². The van der Waals surface area contributed by atoms with Crippen LogP contribution in [0, 0.1) is 0 Å². The van der Waals surface area contributed by atoms with Crippen LogP contribution >= 0.6 is 0 Å². The third-order valence-corrected chi connectivity index (χ3v) is 7.18. The van der Waals surface area contributed by atoms with Gasteiger partial charge in [0.25, 0.3) is 5.91 Å². The molecule has 2 heterocycles. The summed E-state index contributed by atoms with van der Waals surface area (Å²) in [4.78, 5) is 21.9. The number of benzene rings is 3. The van der Waals surface area contributed by atoms with Crippen LogP contribution in [0.1, 0.15) is 21.5 Å². The number of aromatic nitrogens is 2. The second kappa shape index (κ2) is 12.3. The number of pyridine rings is 1. The Hall–Kier alpha value is -4.60. The van der Waals surface area contributed by atoms with Crippen LogP contribution in [0.5, 0.6) is 17.2 Å². The largest absolute Gasteiger partial charge is 0.493 e. The van der Waals surface area contributed by atoms with Crippen LogP contribution in [-0.4, -0.2) is 66.7 Å². The SMILES string of the molecule is COc1cc(-c2cc(C(=O)N[C@@H](CO)Cc3c[nH]c4ccccc34)c3cc(CCO)ccc3n2)cc(OC)c1OC. The number of para-hydroxylation sites is 1. The number of nitrogens with zero attached hydrogens (tertiary/aromatic N) is 1. The highest BCUT2D eigenvalue weighted by Gasteiger charge is 2.21.